The fourth-order valence-corrected chi connectivity index (χ4v) is 2.99. The lowest BCUT2D eigenvalue weighted by Gasteiger charge is -2.24. The Kier molecular flexibility index (Phi) is 1.50. The van der Waals surface area contributed by atoms with Crippen LogP contribution < -0.4 is 0 Å². The molecule has 0 aliphatic heterocycles. The third kappa shape index (κ3) is 0.969. The molecule has 1 unspecified atom stereocenters. The molecule has 1 nitrogen and oxygen atoms in total. The maximum atomic E-state index is 9.84. The lowest BCUT2D eigenvalue weighted by molar-refractivity contribution is 0.108. The van der Waals surface area contributed by atoms with Gasteiger partial charge in [-0.15, -0.1) is 0 Å². The highest BCUT2D eigenvalue weighted by atomic mass is 16.3. The Morgan fingerprint density at radius 3 is 2.69 bits per heavy atom. The average Bonchev–Trinajstić information content (AvgIpc) is 2.48. The SMILES string of the molecule is OC1CC[C@@H]2C[C@H]1c1ccccc12. The van der Waals surface area contributed by atoms with Crippen LogP contribution in [0.25, 0.3) is 0 Å². The molecule has 1 aromatic rings. The van der Waals surface area contributed by atoms with Crippen molar-refractivity contribution in [2.75, 3.05) is 0 Å². The van der Waals surface area contributed by atoms with E-state index < -0.39 is 0 Å². The lowest BCUT2D eigenvalue weighted by atomic mass is 9.85. The van der Waals surface area contributed by atoms with E-state index in [1.54, 1.807) is 0 Å². The summed E-state index contributed by atoms with van der Waals surface area (Å²) in [7, 11) is 0. The van der Waals surface area contributed by atoms with E-state index >= 15 is 0 Å². The highest BCUT2D eigenvalue weighted by Crippen LogP contribution is 2.50. The zero-order chi connectivity index (χ0) is 8.84. The van der Waals surface area contributed by atoms with Gasteiger partial charge in [-0.1, -0.05) is 24.3 Å². The van der Waals surface area contributed by atoms with Gasteiger partial charge in [0, 0.05) is 5.92 Å². The number of aliphatic hydroxyl groups is 1. The molecule has 3 rings (SSSR count). The molecule has 0 aromatic heterocycles. The first-order valence-electron chi connectivity index (χ1n) is 5.13. The van der Waals surface area contributed by atoms with E-state index in [4.69, 9.17) is 0 Å². The smallest absolute Gasteiger partial charge is 0.0609 e. The Labute approximate surface area is 78.4 Å². The van der Waals surface area contributed by atoms with Crippen molar-refractivity contribution in [2.24, 2.45) is 0 Å². The third-order valence-electron chi connectivity index (χ3n) is 3.65. The van der Waals surface area contributed by atoms with Crippen molar-refractivity contribution in [1.82, 2.24) is 0 Å². The van der Waals surface area contributed by atoms with Gasteiger partial charge in [0.25, 0.3) is 0 Å². The summed E-state index contributed by atoms with van der Waals surface area (Å²) in [6.07, 6.45) is 3.26. The first-order valence-corrected chi connectivity index (χ1v) is 5.13. The monoisotopic (exact) mass is 174 g/mol. The molecule has 0 spiro atoms. The van der Waals surface area contributed by atoms with E-state index in [2.05, 4.69) is 24.3 Å². The Morgan fingerprint density at radius 2 is 1.85 bits per heavy atom. The normalized spacial score (nSPS) is 35.9. The summed E-state index contributed by atoms with van der Waals surface area (Å²) < 4.78 is 0. The van der Waals surface area contributed by atoms with Crippen molar-refractivity contribution < 1.29 is 5.11 Å². The van der Waals surface area contributed by atoms with Crippen molar-refractivity contribution in [3.05, 3.63) is 35.4 Å². The minimum absolute atomic E-state index is 0.0834. The lowest BCUT2D eigenvalue weighted by Crippen LogP contribution is -2.20. The van der Waals surface area contributed by atoms with Gasteiger partial charge in [-0.3, -0.25) is 0 Å². The first kappa shape index (κ1) is 7.57. The van der Waals surface area contributed by atoms with Crippen LogP contribution in [-0.4, -0.2) is 11.2 Å². The number of fused-ring (bicyclic) bond motifs is 5. The molecular weight excluding hydrogens is 160 g/mol. The zero-order valence-corrected chi connectivity index (χ0v) is 7.61. The summed E-state index contributed by atoms with van der Waals surface area (Å²) in [5.41, 5.74) is 2.92. The number of benzene rings is 1. The third-order valence-corrected chi connectivity index (χ3v) is 3.65. The van der Waals surface area contributed by atoms with Crippen molar-refractivity contribution >= 4 is 0 Å². The van der Waals surface area contributed by atoms with Gasteiger partial charge in [0.1, 0.15) is 0 Å². The summed E-state index contributed by atoms with van der Waals surface area (Å²) in [5.74, 6) is 1.18. The molecule has 2 aliphatic rings. The molecule has 0 saturated heterocycles. The Morgan fingerprint density at radius 1 is 1.08 bits per heavy atom. The van der Waals surface area contributed by atoms with Crippen molar-refractivity contribution in [3.63, 3.8) is 0 Å². The molecule has 1 aromatic carbocycles. The molecule has 1 N–H and O–H groups in total. The molecule has 68 valence electrons. The molecule has 2 aliphatic carbocycles. The van der Waals surface area contributed by atoms with Gasteiger partial charge in [-0.05, 0) is 36.3 Å². The number of aliphatic hydroxyl groups excluding tert-OH is 1. The fourth-order valence-electron chi connectivity index (χ4n) is 2.99. The van der Waals surface area contributed by atoms with E-state index in [-0.39, 0.29) is 6.10 Å². The first-order chi connectivity index (χ1) is 6.36. The van der Waals surface area contributed by atoms with Gasteiger partial charge in [0.15, 0.2) is 0 Å². The average molecular weight is 174 g/mol. The second-order valence-corrected chi connectivity index (χ2v) is 4.31. The number of hydrogen-bond acceptors (Lipinski definition) is 1. The maximum Gasteiger partial charge on any atom is 0.0609 e. The van der Waals surface area contributed by atoms with E-state index in [0.29, 0.717) is 5.92 Å². The largest absolute Gasteiger partial charge is 0.392 e. The van der Waals surface area contributed by atoms with Gasteiger partial charge < -0.3 is 5.11 Å². The van der Waals surface area contributed by atoms with Crippen LogP contribution in [0.4, 0.5) is 0 Å². The Bertz CT molecular complexity index is 332. The molecule has 0 amide bonds. The second-order valence-electron chi connectivity index (χ2n) is 4.31. The van der Waals surface area contributed by atoms with Crippen LogP contribution in [0.1, 0.15) is 42.2 Å². The summed E-state index contributed by atoms with van der Waals surface area (Å²) in [6.45, 7) is 0. The highest BCUT2D eigenvalue weighted by Gasteiger charge is 2.38. The second kappa shape index (κ2) is 2.58. The molecule has 0 heterocycles. The van der Waals surface area contributed by atoms with Gasteiger partial charge >= 0.3 is 0 Å². The van der Waals surface area contributed by atoms with Crippen LogP contribution in [0.2, 0.25) is 0 Å². The predicted octanol–water partition coefficient (Wildman–Crippen LogP) is 2.41. The van der Waals surface area contributed by atoms with Gasteiger partial charge in [-0.25, -0.2) is 0 Å². The number of rotatable bonds is 0. The van der Waals surface area contributed by atoms with E-state index in [1.165, 1.54) is 24.0 Å². The van der Waals surface area contributed by atoms with Crippen LogP contribution >= 0.6 is 0 Å². The van der Waals surface area contributed by atoms with Crippen molar-refractivity contribution in [1.29, 1.82) is 0 Å². The van der Waals surface area contributed by atoms with Crippen molar-refractivity contribution in [3.8, 4) is 0 Å². The fraction of sp³-hybridized carbons (Fsp3) is 0.500. The highest BCUT2D eigenvalue weighted by molar-refractivity contribution is 5.40. The van der Waals surface area contributed by atoms with E-state index in [0.717, 1.165) is 12.3 Å². The zero-order valence-electron chi connectivity index (χ0n) is 7.61. The van der Waals surface area contributed by atoms with Crippen LogP contribution in [0, 0.1) is 0 Å². The van der Waals surface area contributed by atoms with Gasteiger partial charge in [0.2, 0.25) is 0 Å². The van der Waals surface area contributed by atoms with Gasteiger partial charge in [0.05, 0.1) is 6.10 Å². The molecule has 1 fully saturated rings. The molecule has 2 bridgehead atoms. The summed E-state index contributed by atoms with van der Waals surface area (Å²) in [6, 6.07) is 8.63. The molecule has 0 radical (unpaired) electrons. The molecular formula is C12H14O. The van der Waals surface area contributed by atoms with E-state index in [1.807, 2.05) is 0 Å². The quantitative estimate of drug-likeness (QED) is 0.640. The van der Waals surface area contributed by atoms with Crippen LogP contribution in [0.3, 0.4) is 0 Å². The molecule has 13 heavy (non-hydrogen) atoms. The molecule has 1 saturated carbocycles. The summed E-state index contributed by atoms with van der Waals surface area (Å²) in [4.78, 5) is 0. The van der Waals surface area contributed by atoms with Gasteiger partial charge in [-0.2, -0.15) is 0 Å². The van der Waals surface area contributed by atoms with E-state index in [9.17, 15) is 5.11 Å². The Hall–Kier alpha value is -0.820. The number of hydrogen-bond donors (Lipinski definition) is 1. The standard InChI is InChI=1S/C12H14O/c13-12-6-5-8-7-11(12)10-4-2-1-3-9(8)10/h1-4,8,11-13H,5-7H2/t8-,11+,12?/m1/s1. The maximum absolute atomic E-state index is 9.84. The van der Waals surface area contributed by atoms with Crippen LogP contribution in [0.5, 0.6) is 0 Å². The minimum atomic E-state index is -0.0834. The molecule has 3 atom stereocenters. The topological polar surface area (TPSA) is 20.2 Å². The molecule has 1 heteroatoms. The predicted molar refractivity (Wildman–Crippen MR) is 51.8 cm³/mol. The van der Waals surface area contributed by atoms with Crippen LogP contribution in [0.15, 0.2) is 24.3 Å². The Balaban J connectivity index is 2.13. The van der Waals surface area contributed by atoms with Crippen molar-refractivity contribution in [2.45, 2.75) is 37.2 Å². The minimum Gasteiger partial charge on any atom is -0.392 e. The van der Waals surface area contributed by atoms with Crippen LogP contribution in [-0.2, 0) is 0 Å². The summed E-state index contributed by atoms with van der Waals surface area (Å²) >= 11 is 0. The summed E-state index contributed by atoms with van der Waals surface area (Å²) in [5, 5.41) is 9.84.